The van der Waals surface area contributed by atoms with Crippen LogP contribution in [0.1, 0.15) is 24.8 Å². The van der Waals surface area contributed by atoms with Crippen LogP contribution in [0.4, 0.5) is 19.3 Å². The van der Waals surface area contributed by atoms with Crippen molar-refractivity contribution in [2.24, 2.45) is 0 Å². The number of likely N-dealkylation sites (tertiary alicyclic amines) is 1. The SMILES string of the molecule is COc1ccc([C@@H]2CCN(C(=O)C(C)(F)F)C[C@H]2NC(=O)Nc2ccc(Cl)cc2)cc1. The van der Waals surface area contributed by atoms with Gasteiger partial charge in [-0.1, -0.05) is 23.7 Å². The Morgan fingerprint density at radius 1 is 1.13 bits per heavy atom. The lowest BCUT2D eigenvalue weighted by Crippen LogP contribution is -2.56. The van der Waals surface area contributed by atoms with Gasteiger partial charge in [0.25, 0.3) is 5.91 Å². The normalized spacial score (nSPS) is 18.9. The molecule has 2 aromatic rings. The summed E-state index contributed by atoms with van der Waals surface area (Å²) in [5.41, 5.74) is 1.46. The maximum Gasteiger partial charge on any atom is 0.322 e. The Morgan fingerprint density at radius 3 is 2.35 bits per heavy atom. The van der Waals surface area contributed by atoms with Gasteiger partial charge in [0.15, 0.2) is 0 Å². The number of hydrogen-bond donors (Lipinski definition) is 2. The Kier molecular flexibility index (Phi) is 7.00. The molecule has 3 rings (SSSR count). The molecular weight excluding hydrogens is 428 g/mol. The van der Waals surface area contributed by atoms with Crippen molar-refractivity contribution in [2.75, 3.05) is 25.5 Å². The van der Waals surface area contributed by atoms with Crippen LogP contribution in [0.25, 0.3) is 0 Å². The lowest BCUT2D eigenvalue weighted by atomic mass is 9.85. The van der Waals surface area contributed by atoms with Crippen LogP contribution >= 0.6 is 11.6 Å². The fourth-order valence-corrected chi connectivity index (χ4v) is 3.81. The molecule has 1 saturated heterocycles. The summed E-state index contributed by atoms with van der Waals surface area (Å²) in [5.74, 6) is -4.18. The average Bonchev–Trinajstić information content (AvgIpc) is 2.74. The molecule has 0 saturated carbocycles. The van der Waals surface area contributed by atoms with Crippen molar-refractivity contribution in [3.8, 4) is 5.75 Å². The zero-order valence-electron chi connectivity index (χ0n) is 17.2. The molecule has 166 valence electrons. The summed E-state index contributed by atoms with van der Waals surface area (Å²) in [6.07, 6.45) is 0.431. The minimum atomic E-state index is -3.47. The first-order chi connectivity index (χ1) is 14.7. The van der Waals surface area contributed by atoms with Crippen LogP contribution in [0.3, 0.4) is 0 Å². The van der Waals surface area contributed by atoms with Crippen molar-refractivity contribution < 1.29 is 23.1 Å². The highest BCUT2D eigenvalue weighted by Gasteiger charge is 2.41. The molecule has 6 nitrogen and oxygen atoms in total. The second kappa shape index (κ2) is 9.51. The largest absolute Gasteiger partial charge is 0.497 e. The molecule has 0 bridgehead atoms. The number of halogens is 3. The summed E-state index contributed by atoms with van der Waals surface area (Å²) in [4.78, 5) is 25.8. The molecule has 0 aliphatic carbocycles. The number of urea groups is 1. The van der Waals surface area contributed by atoms with Gasteiger partial charge in [0.2, 0.25) is 0 Å². The highest BCUT2D eigenvalue weighted by Crippen LogP contribution is 2.31. The number of rotatable bonds is 5. The second-order valence-corrected chi connectivity index (χ2v) is 7.96. The number of nitrogens with zero attached hydrogens (tertiary/aromatic N) is 1. The van der Waals surface area contributed by atoms with Gasteiger partial charge in [-0.3, -0.25) is 4.79 Å². The summed E-state index contributed by atoms with van der Waals surface area (Å²) >= 11 is 5.86. The number of piperidine rings is 1. The third kappa shape index (κ3) is 5.85. The molecule has 0 unspecified atom stereocenters. The molecule has 2 atom stereocenters. The summed E-state index contributed by atoms with van der Waals surface area (Å²) in [6, 6.07) is 12.9. The van der Waals surface area contributed by atoms with Gasteiger partial charge in [0, 0.05) is 36.6 Å². The predicted octanol–water partition coefficient (Wildman–Crippen LogP) is 4.51. The number of amides is 3. The fraction of sp³-hybridized carbons (Fsp3) is 0.364. The first-order valence-electron chi connectivity index (χ1n) is 9.81. The number of ether oxygens (including phenoxy) is 1. The van der Waals surface area contributed by atoms with Crippen LogP contribution < -0.4 is 15.4 Å². The van der Waals surface area contributed by atoms with Crippen molar-refractivity contribution in [3.63, 3.8) is 0 Å². The number of carbonyl (C=O) groups excluding carboxylic acids is 2. The van der Waals surface area contributed by atoms with E-state index in [1.54, 1.807) is 43.5 Å². The van der Waals surface area contributed by atoms with E-state index >= 15 is 0 Å². The Bertz CT molecular complexity index is 917. The van der Waals surface area contributed by atoms with E-state index in [1.807, 2.05) is 12.1 Å². The standard InChI is InChI=1S/C22H24ClF2N3O3/c1-22(24,25)20(29)28-12-11-18(14-3-9-17(31-2)10-4-14)19(13-28)27-21(30)26-16-7-5-15(23)6-8-16/h3-10,18-19H,11-13H2,1-2H3,(H2,26,27,30)/t18-,19+/m0/s1. The number of hydrogen-bond acceptors (Lipinski definition) is 3. The number of alkyl halides is 2. The van der Waals surface area contributed by atoms with E-state index in [4.69, 9.17) is 16.3 Å². The lowest BCUT2D eigenvalue weighted by Gasteiger charge is -2.40. The van der Waals surface area contributed by atoms with E-state index in [0.29, 0.717) is 29.8 Å². The molecule has 0 aromatic heterocycles. The van der Waals surface area contributed by atoms with Gasteiger partial charge in [-0.25, -0.2) is 4.79 Å². The van der Waals surface area contributed by atoms with Crippen LogP contribution in [0, 0.1) is 0 Å². The summed E-state index contributed by atoms with van der Waals surface area (Å²) in [6.45, 7) is 0.740. The third-order valence-corrected chi connectivity index (χ3v) is 5.49. The minimum Gasteiger partial charge on any atom is -0.497 e. The fourth-order valence-electron chi connectivity index (χ4n) is 3.68. The molecular formula is C22H24ClF2N3O3. The lowest BCUT2D eigenvalue weighted by molar-refractivity contribution is -0.156. The highest BCUT2D eigenvalue weighted by molar-refractivity contribution is 6.30. The molecule has 31 heavy (non-hydrogen) atoms. The Balaban J connectivity index is 1.78. The van der Waals surface area contributed by atoms with E-state index in [1.165, 1.54) is 0 Å². The molecule has 1 aliphatic rings. The predicted molar refractivity (Wildman–Crippen MR) is 115 cm³/mol. The van der Waals surface area contributed by atoms with Crippen LogP contribution in [-0.4, -0.2) is 49.0 Å². The number of carbonyl (C=O) groups is 2. The number of benzene rings is 2. The molecule has 9 heteroatoms. The van der Waals surface area contributed by atoms with Gasteiger partial charge in [-0.05, 0) is 48.4 Å². The summed E-state index contributed by atoms with van der Waals surface area (Å²) in [7, 11) is 1.56. The smallest absolute Gasteiger partial charge is 0.322 e. The van der Waals surface area contributed by atoms with Crippen LogP contribution in [-0.2, 0) is 4.79 Å². The van der Waals surface area contributed by atoms with E-state index in [-0.39, 0.29) is 19.0 Å². The quantitative estimate of drug-likeness (QED) is 0.702. The van der Waals surface area contributed by atoms with Crippen molar-refractivity contribution >= 4 is 29.2 Å². The Morgan fingerprint density at radius 2 is 1.77 bits per heavy atom. The van der Waals surface area contributed by atoms with Gasteiger partial charge in [-0.2, -0.15) is 8.78 Å². The van der Waals surface area contributed by atoms with Crippen molar-refractivity contribution in [3.05, 3.63) is 59.1 Å². The van der Waals surface area contributed by atoms with E-state index in [9.17, 15) is 18.4 Å². The van der Waals surface area contributed by atoms with E-state index in [2.05, 4.69) is 10.6 Å². The summed E-state index contributed by atoms with van der Waals surface area (Å²) in [5, 5.41) is 6.08. The van der Waals surface area contributed by atoms with E-state index < -0.39 is 23.9 Å². The molecule has 1 heterocycles. The number of anilines is 1. The topological polar surface area (TPSA) is 70.7 Å². The minimum absolute atomic E-state index is 0.0208. The molecule has 2 aromatic carbocycles. The van der Waals surface area contributed by atoms with Crippen LogP contribution in [0.2, 0.25) is 5.02 Å². The zero-order chi connectivity index (χ0) is 22.6. The maximum absolute atomic E-state index is 13.6. The average molecular weight is 452 g/mol. The molecule has 1 aliphatic heterocycles. The maximum atomic E-state index is 13.6. The number of nitrogens with one attached hydrogen (secondary N) is 2. The summed E-state index contributed by atoms with van der Waals surface area (Å²) < 4.78 is 32.4. The van der Waals surface area contributed by atoms with Crippen molar-refractivity contribution in [1.29, 1.82) is 0 Å². The first-order valence-corrected chi connectivity index (χ1v) is 10.2. The van der Waals surface area contributed by atoms with Crippen LogP contribution in [0.5, 0.6) is 5.75 Å². The van der Waals surface area contributed by atoms with Crippen molar-refractivity contribution in [2.45, 2.75) is 31.2 Å². The zero-order valence-corrected chi connectivity index (χ0v) is 18.0. The molecule has 1 fully saturated rings. The van der Waals surface area contributed by atoms with Crippen molar-refractivity contribution in [1.82, 2.24) is 10.2 Å². The first kappa shape index (κ1) is 22.8. The van der Waals surface area contributed by atoms with Gasteiger partial charge < -0.3 is 20.3 Å². The van der Waals surface area contributed by atoms with Gasteiger partial charge in [0.05, 0.1) is 13.2 Å². The van der Waals surface area contributed by atoms with Gasteiger partial charge >= 0.3 is 12.0 Å². The Hall–Kier alpha value is -2.87. The Labute approximate surface area is 184 Å². The number of methoxy groups -OCH3 is 1. The van der Waals surface area contributed by atoms with Gasteiger partial charge in [0.1, 0.15) is 5.75 Å². The monoisotopic (exact) mass is 451 g/mol. The molecule has 0 radical (unpaired) electrons. The molecule has 0 spiro atoms. The van der Waals surface area contributed by atoms with Crippen LogP contribution in [0.15, 0.2) is 48.5 Å². The molecule has 2 N–H and O–H groups in total. The molecule has 3 amide bonds. The van der Waals surface area contributed by atoms with E-state index in [0.717, 1.165) is 10.5 Å². The second-order valence-electron chi connectivity index (χ2n) is 7.52. The third-order valence-electron chi connectivity index (χ3n) is 5.24. The highest BCUT2D eigenvalue weighted by atomic mass is 35.5. The van der Waals surface area contributed by atoms with Gasteiger partial charge in [-0.15, -0.1) is 0 Å².